The fraction of sp³-hybridized carbons (Fsp3) is 0.458. The van der Waals surface area contributed by atoms with Crippen LogP contribution in [0.4, 0.5) is 0 Å². The van der Waals surface area contributed by atoms with Crippen LogP contribution in [0.5, 0.6) is 0 Å². The third-order valence-electron chi connectivity index (χ3n) is 6.83. The molecule has 0 aliphatic carbocycles. The van der Waals surface area contributed by atoms with Gasteiger partial charge in [-0.25, -0.2) is 0 Å². The number of carbonyl (C=O) groups excluding carboxylic acids is 1. The Morgan fingerprint density at radius 1 is 0.963 bits per heavy atom. The molecule has 27 heavy (non-hydrogen) atoms. The van der Waals surface area contributed by atoms with Crippen LogP contribution in [0.3, 0.4) is 0 Å². The van der Waals surface area contributed by atoms with Crippen LogP contribution in [-0.4, -0.2) is 48.2 Å². The van der Waals surface area contributed by atoms with Crippen molar-refractivity contribution in [3.63, 3.8) is 0 Å². The van der Waals surface area contributed by atoms with Gasteiger partial charge in [0.05, 0.1) is 0 Å². The Labute approximate surface area is 167 Å². The van der Waals surface area contributed by atoms with E-state index in [4.69, 9.17) is 0 Å². The average molecular weight is 468 g/mol. The Hall–Kier alpha value is -1.13. The normalized spacial score (nSPS) is 28.3. The molecule has 142 valence electrons. The summed E-state index contributed by atoms with van der Waals surface area (Å²) < 4.78 is 1.56. The minimum absolute atomic E-state index is 0.0696. The van der Waals surface area contributed by atoms with Crippen molar-refractivity contribution in [1.82, 2.24) is 4.90 Å². The number of benzene rings is 2. The molecule has 0 aromatic heterocycles. The van der Waals surface area contributed by atoms with Gasteiger partial charge in [0.2, 0.25) is 0 Å². The molecule has 2 aromatic rings. The molecule has 4 atom stereocenters. The van der Waals surface area contributed by atoms with Crippen LogP contribution in [0, 0.1) is 5.92 Å². The molecule has 2 heterocycles. The van der Waals surface area contributed by atoms with E-state index in [9.17, 15) is 4.79 Å². The maximum absolute atomic E-state index is 13.5. The van der Waals surface area contributed by atoms with Crippen molar-refractivity contribution in [3.05, 3.63) is 65.7 Å². The van der Waals surface area contributed by atoms with Gasteiger partial charge in [0.15, 0.2) is 0 Å². The molecular weight excluding hydrogens is 437 g/mol. The van der Waals surface area contributed by atoms with Gasteiger partial charge in [0.1, 0.15) is 0 Å². The Kier molecular flexibility index (Phi) is 5.23. The molecule has 4 unspecified atom stereocenters. The number of fused-ring (bicyclic) bond motifs is 2. The minimum atomic E-state index is -2.04. The average Bonchev–Trinajstić information content (AvgIpc) is 2.90. The summed E-state index contributed by atoms with van der Waals surface area (Å²) in [5.41, 5.74) is 2.24. The molecule has 0 radical (unpaired) electrons. The zero-order chi connectivity index (χ0) is 19.2. The number of hydrogen-bond donors (Lipinski definition) is 0. The Balaban J connectivity index is 1.70. The fourth-order valence-corrected chi connectivity index (χ4v) is 8.52. The van der Waals surface area contributed by atoms with Crippen LogP contribution >= 0.6 is 0 Å². The van der Waals surface area contributed by atoms with Gasteiger partial charge in [-0.3, -0.25) is 0 Å². The summed E-state index contributed by atoms with van der Waals surface area (Å²) in [4.78, 5) is 23.4. The van der Waals surface area contributed by atoms with Crippen LogP contribution in [0.1, 0.15) is 41.1 Å². The number of rotatable bonds is 4. The van der Waals surface area contributed by atoms with Crippen LogP contribution in [0.25, 0.3) is 0 Å². The summed E-state index contributed by atoms with van der Waals surface area (Å²) in [6, 6.07) is 20.3. The summed E-state index contributed by atoms with van der Waals surface area (Å²) in [6.45, 7) is 0. The first-order valence-corrected chi connectivity index (χ1v) is 20.3. The van der Waals surface area contributed by atoms with Crippen LogP contribution in [-0.2, 0) is 0 Å². The predicted molar refractivity (Wildman–Crippen MR) is 116 cm³/mol. The Morgan fingerprint density at radius 3 is 2.26 bits per heavy atom. The topological polar surface area (TPSA) is 20.3 Å². The second-order valence-electron chi connectivity index (χ2n) is 9.43. The molecule has 2 aliphatic rings. The molecular formula is C24H31NOSn. The third-order valence-corrected chi connectivity index (χ3v) is 12.7. The van der Waals surface area contributed by atoms with Crippen molar-refractivity contribution in [1.29, 1.82) is 0 Å². The first kappa shape index (κ1) is 19.2. The van der Waals surface area contributed by atoms with Crippen molar-refractivity contribution < 1.29 is 4.79 Å². The summed E-state index contributed by atoms with van der Waals surface area (Å²) in [7, 11) is 2.22. The zero-order valence-corrected chi connectivity index (χ0v) is 19.8. The molecule has 3 heteroatoms. The van der Waals surface area contributed by atoms with E-state index in [2.05, 4.69) is 51.0 Å². The summed E-state index contributed by atoms with van der Waals surface area (Å²) in [5.74, 6) is 0.743. The maximum atomic E-state index is 13.5. The van der Waals surface area contributed by atoms with E-state index in [0.29, 0.717) is 23.8 Å². The molecule has 4 rings (SSSR count). The van der Waals surface area contributed by atoms with E-state index >= 15 is 0 Å². The van der Waals surface area contributed by atoms with Crippen molar-refractivity contribution in [2.45, 2.75) is 52.1 Å². The van der Waals surface area contributed by atoms with Crippen molar-refractivity contribution in [3.8, 4) is 0 Å². The Bertz CT molecular complexity index is 809. The molecule has 2 aromatic carbocycles. The second kappa shape index (κ2) is 7.36. The van der Waals surface area contributed by atoms with Gasteiger partial charge in [-0.15, -0.1) is 0 Å². The quantitative estimate of drug-likeness (QED) is 0.480. The summed E-state index contributed by atoms with van der Waals surface area (Å²) in [5, 5.41) is 0. The van der Waals surface area contributed by atoms with E-state index in [0.717, 1.165) is 18.4 Å². The van der Waals surface area contributed by atoms with Gasteiger partial charge in [0, 0.05) is 0 Å². The van der Waals surface area contributed by atoms with Crippen LogP contribution in [0.2, 0.25) is 14.8 Å². The molecule has 2 fully saturated rings. The van der Waals surface area contributed by atoms with E-state index < -0.39 is 18.4 Å². The molecule has 0 saturated carbocycles. The fourth-order valence-electron chi connectivity index (χ4n) is 5.19. The molecule has 0 N–H and O–H groups in total. The van der Waals surface area contributed by atoms with Gasteiger partial charge in [-0.1, -0.05) is 0 Å². The van der Waals surface area contributed by atoms with Crippen molar-refractivity contribution >= 4 is 27.7 Å². The van der Waals surface area contributed by atoms with E-state index in [-0.39, 0.29) is 5.92 Å². The van der Waals surface area contributed by atoms with E-state index in [1.807, 2.05) is 30.3 Å². The van der Waals surface area contributed by atoms with Crippen molar-refractivity contribution in [2.24, 2.45) is 5.92 Å². The van der Waals surface area contributed by atoms with Crippen LogP contribution in [0.15, 0.2) is 54.6 Å². The van der Waals surface area contributed by atoms with Gasteiger partial charge < -0.3 is 0 Å². The number of carbonyl (C=O) groups is 1. The third kappa shape index (κ3) is 3.63. The number of Topliss-reactive ketones (excluding diaryl/α,β-unsaturated/α-hetero) is 1. The number of ketones is 1. The Morgan fingerprint density at radius 2 is 1.63 bits per heavy atom. The van der Waals surface area contributed by atoms with Gasteiger partial charge in [0.25, 0.3) is 0 Å². The summed E-state index contributed by atoms with van der Waals surface area (Å²) in [6.07, 6.45) is 3.48. The van der Waals surface area contributed by atoms with E-state index in [1.165, 1.54) is 12.0 Å². The van der Waals surface area contributed by atoms with E-state index in [1.54, 1.807) is 3.58 Å². The number of nitrogens with zero attached hydrogens (tertiary/aromatic N) is 1. The molecule has 2 saturated heterocycles. The number of hydrogen-bond acceptors (Lipinski definition) is 2. The molecule has 2 bridgehead atoms. The predicted octanol–water partition coefficient (Wildman–Crippen LogP) is 4.68. The molecule has 0 amide bonds. The number of piperidine rings is 1. The van der Waals surface area contributed by atoms with Crippen molar-refractivity contribution in [2.75, 3.05) is 7.05 Å². The molecule has 2 aliphatic heterocycles. The SMILES string of the molecule is CN1C2CCC1C(C(=O)c1ccccc1)C(c1cc[c]([Sn]([CH3])([CH3])[CH3])cc1)C2. The first-order valence-electron chi connectivity index (χ1n) is 10.3. The van der Waals surface area contributed by atoms with Gasteiger partial charge >= 0.3 is 168 Å². The second-order valence-corrected chi connectivity index (χ2v) is 23.9. The van der Waals surface area contributed by atoms with Crippen LogP contribution < -0.4 is 3.58 Å². The van der Waals surface area contributed by atoms with Gasteiger partial charge in [-0.05, 0) is 0 Å². The monoisotopic (exact) mass is 469 g/mol. The first-order chi connectivity index (χ1) is 12.9. The summed E-state index contributed by atoms with van der Waals surface area (Å²) >= 11 is -2.04. The molecule has 2 nitrogen and oxygen atoms in total. The standard InChI is InChI=1S/C21H22NO.3CH3.Sn/c1-22-17-12-13-19(22)20(21(23)16-10-6-3-7-11-16)18(14-17)15-8-4-2-5-9-15;;;;/h3-11,17-20H,12-14H2,1H3;3*1H3;. The zero-order valence-electron chi connectivity index (χ0n) is 17.0. The molecule has 0 spiro atoms. The van der Waals surface area contributed by atoms with Gasteiger partial charge in [-0.2, -0.15) is 0 Å².